The summed E-state index contributed by atoms with van der Waals surface area (Å²) in [5.74, 6) is -1.35. The number of nitrogens with one attached hydrogen (secondary N) is 1. The Labute approximate surface area is 167 Å². The van der Waals surface area contributed by atoms with Crippen molar-refractivity contribution in [2.45, 2.75) is 38.5 Å². The monoisotopic (exact) mass is 401 g/mol. The number of aryl methyl sites for hydroxylation is 1. The molecule has 0 unspecified atom stereocenters. The van der Waals surface area contributed by atoms with Gasteiger partial charge in [-0.05, 0) is 37.8 Å². The summed E-state index contributed by atoms with van der Waals surface area (Å²) in [6.07, 6.45) is 2.17. The molecule has 1 N–H and O–H groups in total. The van der Waals surface area contributed by atoms with Crippen molar-refractivity contribution in [1.29, 1.82) is 0 Å². The summed E-state index contributed by atoms with van der Waals surface area (Å²) in [5.41, 5.74) is 0.609. The molecular formula is C21H23NO5S. The molecule has 0 spiro atoms. The molecule has 3 rings (SSSR count). The molecular weight excluding hydrogens is 378 g/mol. The normalized spacial score (nSPS) is 14.2. The van der Waals surface area contributed by atoms with Crippen LogP contribution in [0.1, 0.15) is 47.5 Å². The first kappa shape index (κ1) is 20.1. The molecule has 0 bridgehead atoms. The zero-order valence-corrected chi connectivity index (χ0v) is 16.8. The van der Waals surface area contributed by atoms with Gasteiger partial charge in [-0.15, -0.1) is 11.3 Å². The van der Waals surface area contributed by atoms with Crippen LogP contribution in [-0.4, -0.2) is 31.1 Å². The minimum atomic E-state index is -0.629. The molecule has 0 atom stereocenters. The Hall–Kier alpha value is -2.67. The molecule has 1 aromatic carbocycles. The molecule has 1 aliphatic carbocycles. The highest BCUT2D eigenvalue weighted by atomic mass is 32.1. The minimum Gasteiger partial charge on any atom is -0.462 e. The summed E-state index contributed by atoms with van der Waals surface area (Å²) in [7, 11) is 0. The van der Waals surface area contributed by atoms with Crippen molar-refractivity contribution in [2.24, 2.45) is 0 Å². The van der Waals surface area contributed by atoms with Gasteiger partial charge in [0.15, 0.2) is 6.61 Å². The third-order valence-corrected chi connectivity index (χ3v) is 5.88. The number of thiophene rings is 1. The van der Waals surface area contributed by atoms with Crippen LogP contribution in [0, 0.1) is 0 Å². The van der Waals surface area contributed by atoms with E-state index in [4.69, 9.17) is 9.47 Å². The van der Waals surface area contributed by atoms with Gasteiger partial charge in [0.2, 0.25) is 0 Å². The number of hydrogen-bond acceptors (Lipinski definition) is 6. The second kappa shape index (κ2) is 8.56. The van der Waals surface area contributed by atoms with Gasteiger partial charge < -0.3 is 14.8 Å². The molecule has 1 aliphatic rings. The molecule has 0 saturated heterocycles. The lowest BCUT2D eigenvalue weighted by atomic mass is 9.96. The molecule has 7 heteroatoms. The molecule has 1 aromatic heterocycles. The smallest absolute Gasteiger partial charge is 0.341 e. The summed E-state index contributed by atoms with van der Waals surface area (Å²) in [5, 5.41) is 3.09. The number of hydrogen-bond donors (Lipinski definition) is 1. The summed E-state index contributed by atoms with van der Waals surface area (Å²) in [6, 6.07) is 11.2. The van der Waals surface area contributed by atoms with Gasteiger partial charge in [-0.1, -0.05) is 37.3 Å². The fourth-order valence-electron chi connectivity index (χ4n) is 2.99. The Balaban J connectivity index is 1.61. The number of amides is 1. The van der Waals surface area contributed by atoms with Gasteiger partial charge in [-0.3, -0.25) is 9.59 Å². The van der Waals surface area contributed by atoms with Crippen molar-refractivity contribution in [1.82, 2.24) is 0 Å². The Morgan fingerprint density at radius 2 is 1.82 bits per heavy atom. The highest BCUT2D eigenvalue weighted by molar-refractivity contribution is 7.16. The number of carbonyl (C=O) groups is 3. The van der Waals surface area contributed by atoms with Crippen LogP contribution in [0.5, 0.6) is 0 Å². The van der Waals surface area contributed by atoms with Crippen LogP contribution in [0.25, 0.3) is 0 Å². The number of benzene rings is 1. The lowest BCUT2D eigenvalue weighted by Crippen LogP contribution is -2.28. The average molecular weight is 401 g/mol. The number of anilines is 1. The zero-order chi connectivity index (χ0) is 20.1. The van der Waals surface area contributed by atoms with Gasteiger partial charge in [0.25, 0.3) is 5.91 Å². The third-order valence-electron chi connectivity index (χ3n) is 4.68. The van der Waals surface area contributed by atoms with Crippen LogP contribution in [0.3, 0.4) is 0 Å². The lowest BCUT2D eigenvalue weighted by Gasteiger charge is -2.14. The van der Waals surface area contributed by atoms with E-state index in [1.54, 1.807) is 13.0 Å². The van der Waals surface area contributed by atoms with Gasteiger partial charge in [0, 0.05) is 4.88 Å². The van der Waals surface area contributed by atoms with Crippen LogP contribution in [0.2, 0.25) is 0 Å². The van der Waals surface area contributed by atoms with E-state index in [-0.39, 0.29) is 12.6 Å². The number of esters is 2. The van der Waals surface area contributed by atoms with E-state index in [1.807, 2.05) is 37.3 Å². The second-order valence-electron chi connectivity index (χ2n) is 6.60. The summed E-state index contributed by atoms with van der Waals surface area (Å²) < 4.78 is 10.3. The first-order valence-electron chi connectivity index (χ1n) is 9.32. The summed E-state index contributed by atoms with van der Waals surface area (Å²) >= 11 is 1.32. The van der Waals surface area contributed by atoms with Crippen molar-refractivity contribution < 1.29 is 23.9 Å². The van der Waals surface area contributed by atoms with Gasteiger partial charge in [0.1, 0.15) is 5.00 Å². The molecule has 148 valence electrons. The highest BCUT2D eigenvalue weighted by Gasteiger charge is 2.52. The average Bonchev–Trinajstić information content (AvgIpc) is 3.42. The minimum absolute atomic E-state index is 0.253. The predicted octanol–water partition coefficient (Wildman–Crippen LogP) is 3.70. The maximum atomic E-state index is 12.5. The number of rotatable bonds is 8. The predicted molar refractivity (Wildman–Crippen MR) is 107 cm³/mol. The lowest BCUT2D eigenvalue weighted by molar-refractivity contribution is -0.150. The van der Waals surface area contributed by atoms with Crippen molar-refractivity contribution in [3.63, 3.8) is 0 Å². The molecule has 1 saturated carbocycles. The number of carbonyl (C=O) groups excluding carboxylic acids is 3. The molecule has 1 fully saturated rings. The maximum absolute atomic E-state index is 12.5. The van der Waals surface area contributed by atoms with E-state index in [0.29, 0.717) is 10.6 Å². The first-order valence-corrected chi connectivity index (χ1v) is 10.1. The standard InChI is InChI=1S/C21H23NO5S/c1-3-15-12-16(19(24)26-4-2)18(28-15)22-17(23)13-27-20(25)21(10-11-21)14-8-6-5-7-9-14/h5-9,12H,3-4,10-11,13H2,1-2H3,(H,22,23). The van der Waals surface area contributed by atoms with E-state index < -0.39 is 23.9 Å². The van der Waals surface area contributed by atoms with Crippen LogP contribution in [0.15, 0.2) is 36.4 Å². The van der Waals surface area contributed by atoms with E-state index in [0.717, 1.165) is 29.7 Å². The van der Waals surface area contributed by atoms with Crippen molar-refractivity contribution in [3.8, 4) is 0 Å². The quantitative estimate of drug-likeness (QED) is 0.682. The van der Waals surface area contributed by atoms with Crippen LogP contribution >= 0.6 is 11.3 Å². The largest absolute Gasteiger partial charge is 0.462 e. The molecule has 6 nitrogen and oxygen atoms in total. The van der Waals surface area contributed by atoms with Gasteiger partial charge in [-0.25, -0.2) is 4.79 Å². The van der Waals surface area contributed by atoms with Crippen LogP contribution in [-0.2, 0) is 30.9 Å². The SMILES string of the molecule is CCOC(=O)c1cc(CC)sc1NC(=O)COC(=O)C1(c2ccccc2)CC1. The summed E-state index contributed by atoms with van der Waals surface area (Å²) in [4.78, 5) is 37.9. The molecule has 2 aromatic rings. The van der Waals surface area contributed by atoms with E-state index >= 15 is 0 Å². The fourth-order valence-corrected chi connectivity index (χ4v) is 3.99. The van der Waals surface area contributed by atoms with Crippen LogP contribution < -0.4 is 5.32 Å². The van der Waals surface area contributed by atoms with Crippen molar-refractivity contribution in [3.05, 3.63) is 52.4 Å². The van der Waals surface area contributed by atoms with E-state index in [9.17, 15) is 14.4 Å². The van der Waals surface area contributed by atoms with Crippen molar-refractivity contribution >= 4 is 34.2 Å². The Morgan fingerprint density at radius 1 is 1.11 bits per heavy atom. The molecule has 0 aliphatic heterocycles. The number of ether oxygens (including phenoxy) is 2. The third kappa shape index (κ3) is 4.25. The Bertz CT molecular complexity index is 870. The topological polar surface area (TPSA) is 81.7 Å². The van der Waals surface area contributed by atoms with Gasteiger partial charge >= 0.3 is 11.9 Å². The first-order chi connectivity index (χ1) is 13.5. The van der Waals surface area contributed by atoms with Crippen LogP contribution in [0.4, 0.5) is 5.00 Å². The second-order valence-corrected chi connectivity index (χ2v) is 7.74. The summed E-state index contributed by atoms with van der Waals surface area (Å²) in [6.45, 7) is 3.55. The molecule has 1 amide bonds. The van der Waals surface area contributed by atoms with E-state index in [2.05, 4.69) is 5.32 Å². The Kier molecular flexibility index (Phi) is 6.14. The molecule has 28 heavy (non-hydrogen) atoms. The maximum Gasteiger partial charge on any atom is 0.341 e. The highest BCUT2D eigenvalue weighted by Crippen LogP contribution is 2.49. The van der Waals surface area contributed by atoms with E-state index in [1.165, 1.54) is 11.3 Å². The molecule has 0 radical (unpaired) electrons. The van der Waals surface area contributed by atoms with Gasteiger partial charge in [0.05, 0.1) is 17.6 Å². The van der Waals surface area contributed by atoms with Gasteiger partial charge in [-0.2, -0.15) is 0 Å². The fraction of sp³-hybridized carbons (Fsp3) is 0.381. The van der Waals surface area contributed by atoms with Crippen molar-refractivity contribution in [2.75, 3.05) is 18.5 Å². The molecule has 1 heterocycles. The Morgan fingerprint density at radius 3 is 2.43 bits per heavy atom. The zero-order valence-electron chi connectivity index (χ0n) is 15.9.